The van der Waals surface area contributed by atoms with Crippen LogP contribution in [0.2, 0.25) is 0 Å². The van der Waals surface area contributed by atoms with Crippen LogP contribution < -0.4 is 15.4 Å². The minimum absolute atomic E-state index is 0.141. The SMILES string of the molecule is Cc1ccc(C)c(OCC(=O)Nc2ccccc2C(=O)Nc2ccc(C)c(C)c2)c1. The zero-order chi connectivity index (χ0) is 21.7. The van der Waals surface area contributed by atoms with Gasteiger partial charge in [0.1, 0.15) is 5.75 Å². The molecular weight excluding hydrogens is 376 g/mol. The van der Waals surface area contributed by atoms with E-state index in [9.17, 15) is 9.59 Å². The second-order valence-electron chi connectivity index (χ2n) is 7.40. The number of nitrogens with one attached hydrogen (secondary N) is 2. The molecule has 0 spiro atoms. The third-order valence-corrected chi connectivity index (χ3v) is 4.91. The van der Waals surface area contributed by atoms with Crippen molar-refractivity contribution in [3.63, 3.8) is 0 Å². The molecular formula is C25H26N2O3. The molecule has 5 heteroatoms. The summed E-state index contributed by atoms with van der Waals surface area (Å²) in [6.07, 6.45) is 0. The van der Waals surface area contributed by atoms with Gasteiger partial charge in [0.15, 0.2) is 6.61 Å². The summed E-state index contributed by atoms with van der Waals surface area (Å²) >= 11 is 0. The van der Waals surface area contributed by atoms with Crippen molar-refractivity contribution in [1.82, 2.24) is 0 Å². The van der Waals surface area contributed by atoms with Crippen LogP contribution in [0.3, 0.4) is 0 Å². The largest absolute Gasteiger partial charge is 0.483 e. The fourth-order valence-corrected chi connectivity index (χ4v) is 3.00. The maximum absolute atomic E-state index is 12.8. The van der Waals surface area contributed by atoms with Crippen LogP contribution >= 0.6 is 0 Å². The first kappa shape index (κ1) is 21.1. The molecule has 0 aliphatic rings. The van der Waals surface area contributed by atoms with Gasteiger partial charge < -0.3 is 15.4 Å². The van der Waals surface area contributed by atoms with Gasteiger partial charge >= 0.3 is 0 Å². The van der Waals surface area contributed by atoms with Gasteiger partial charge in [-0.15, -0.1) is 0 Å². The maximum atomic E-state index is 12.8. The first-order chi connectivity index (χ1) is 14.3. The summed E-state index contributed by atoms with van der Waals surface area (Å²) in [4.78, 5) is 25.2. The Morgan fingerprint density at radius 1 is 0.800 bits per heavy atom. The van der Waals surface area contributed by atoms with Gasteiger partial charge in [-0.1, -0.05) is 30.3 Å². The fraction of sp³-hybridized carbons (Fsp3) is 0.200. The highest BCUT2D eigenvalue weighted by atomic mass is 16.5. The normalized spacial score (nSPS) is 10.4. The summed E-state index contributed by atoms with van der Waals surface area (Å²) in [7, 11) is 0. The van der Waals surface area contributed by atoms with Crippen LogP contribution in [0, 0.1) is 27.7 Å². The summed E-state index contributed by atoms with van der Waals surface area (Å²) in [5.74, 6) is 0.0536. The zero-order valence-corrected chi connectivity index (χ0v) is 17.7. The summed E-state index contributed by atoms with van der Waals surface area (Å²) in [6.45, 7) is 7.77. The molecule has 0 saturated carbocycles. The Morgan fingerprint density at radius 3 is 2.30 bits per heavy atom. The van der Waals surface area contributed by atoms with Gasteiger partial charge in [-0.25, -0.2) is 0 Å². The van der Waals surface area contributed by atoms with Crippen LogP contribution in [-0.2, 0) is 4.79 Å². The first-order valence-electron chi connectivity index (χ1n) is 9.81. The van der Waals surface area contributed by atoms with E-state index in [1.807, 2.05) is 64.1 Å². The van der Waals surface area contributed by atoms with E-state index in [-0.39, 0.29) is 18.4 Å². The van der Waals surface area contributed by atoms with Crippen LogP contribution in [0.4, 0.5) is 11.4 Å². The molecule has 0 fully saturated rings. The van der Waals surface area contributed by atoms with Crippen molar-refractivity contribution in [2.24, 2.45) is 0 Å². The van der Waals surface area contributed by atoms with E-state index in [0.717, 1.165) is 22.3 Å². The molecule has 0 saturated heterocycles. The maximum Gasteiger partial charge on any atom is 0.262 e. The lowest BCUT2D eigenvalue weighted by Crippen LogP contribution is -2.23. The summed E-state index contributed by atoms with van der Waals surface area (Å²) in [6, 6.07) is 18.5. The lowest BCUT2D eigenvalue weighted by molar-refractivity contribution is -0.118. The smallest absolute Gasteiger partial charge is 0.262 e. The van der Waals surface area contributed by atoms with Gasteiger partial charge in [0, 0.05) is 5.69 Å². The van der Waals surface area contributed by atoms with Crippen molar-refractivity contribution in [2.75, 3.05) is 17.2 Å². The average Bonchev–Trinajstić information content (AvgIpc) is 2.72. The standard InChI is InChI=1S/C25H26N2O3/c1-16-9-10-18(3)23(13-16)30-15-24(28)27-22-8-6-5-7-21(22)25(29)26-20-12-11-17(2)19(4)14-20/h5-14H,15H2,1-4H3,(H,26,29)(H,27,28). The van der Waals surface area contributed by atoms with E-state index < -0.39 is 0 Å². The Balaban J connectivity index is 1.68. The van der Waals surface area contributed by atoms with Crippen LogP contribution in [0.25, 0.3) is 0 Å². The number of carbonyl (C=O) groups excluding carboxylic acids is 2. The van der Waals surface area contributed by atoms with Gasteiger partial charge in [0.2, 0.25) is 0 Å². The molecule has 154 valence electrons. The molecule has 0 unspecified atom stereocenters. The Hall–Kier alpha value is -3.60. The number of ether oxygens (including phenoxy) is 1. The van der Waals surface area contributed by atoms with Crippen molar-refractivity contribution in [2.45, 2.75) is 27.7 Å². The number of anilines is 2. The molecule has 3 aromatic rings. The van der Waals surface area contributed by atoms with E-state index in [0.29, 0.717) is 22.7 Å². The van der Waals surface area contributed by atoms with Crippen LogP contribution in [-0.4, -0.2) is 18.4 Å². The van der Waals surface area contributed by atoms with E-state index in [2.05, 4.69) is 10.6 Å². The average molecular weight is 402 g/mol. The van der Waals surface area contributed by atoms with Crippen molar-refractivity contribution >= 4 is 23.2 Å². The Labute approximate surface area is 177 Å². The Kier molecular flexibility index (Phi) is 6.52. The van der Waals surface area contributed by atoms with Gasteiger partial charge in [-0.3, -0.25) is 9.59 Å². The predicted octanol–water partition coefficient (Wildman–Crippen LogP) is 5.19. The van der Waals surface area contributed by atoms with Crippen molar-refractivity contribution in [1.29, 1.82) is 0 Å². The Bertz CT molecular complexity index is 1090. The van der Waals surface area contributed by atoms with Gasteiger partial charge in [-0.2, -0.15) is 0 Å². The van der Waals surface area contributed by atoms with E-state index >= 15 is 0 Å². The topological polar surface area (TPSA) is 67.4 Å². The third kappa shape index (κ3) is 5.26. The minimum atomic E-state index is -0.331. The number of hydrogen-bond donors (Lipinski definition) is 2. The number of para-hydroxylation sites is 1. The third-order valence-electron chi connectivity index (χ3n) is 4.91. The lowest BCUT2D eigenvalue weighted by Gasteiger charge is -2.13. The Morgan fingerprint density at radius 2 is 1.53 bits per heavy atom. The molecule has 3 aromatic carbocycles. The molecule has 0 heterocycles. The number of carbonyl (C=O) groups is 2. The van der Waals surface area contributed by atoms with E-state index in [4.69, 9.17) is 4.74 Å². The second-order valence-corrected chi connectivity index (χ2v) is 7.40. The van der Waals surface area contributed by atoms with Gasteiger partial charge in [0.05, 0.1) is 11.3 Å². The molecule has 0 aromatic heterocycles. The monoisotopic (exact) mass is 402 g/mol. The molecule has 5 nitrogen and oxygen atoms in total. The lowest BCUT2D eigenvalue weighted by atomic mass is 10.1. The molecule has 2 amide bonds. The highest BCUT2D eigenvalue weighted by Crippen LogP contribution is 2.21. The van der Waals surface area contributed by atoms with Crippen LogP contribution in [0.1, 0.15) is 32.6 Å². The molecule has 0 radical (unpaired) electrons. The van der Waals surface area contributed by atoms with Crippen molar-refractivity contribution < 1.29 is 14.3 Å². The first-order valence-corrected chi connectivity index (χ1v) is 9.81. The number of benzene rings is 3. The number of rotatable bonds is 6. The van der Waals surface area contributed by atoms with E-state index in [1.165, 1.54) is 0 Å². The number of hydrogen-bond acceptors (Lipinski definition) is 3. The molecule has 2 N–H and O–H groups in total. The van der Waals surface area contributed by atoms with Gasteiger partial charge in [-0.05, 0) is 80.3 Å². The molecule has 0 aliphatic carbocycles. The molecule has 3 rings (SSSR count). The quantitative estimate of drug-likeness (QED) is 0.596. The molecule has 30 heavy (non-hydrogen) atoms. The fourth-order valence-electron chi connectivity index (χ4n) is 3.00. The van der Waals surface area contributed by atoms with Gasteiger partial charge in [0.25, 0.3) is 11.8 Å². The van der Waals surface area contributed by atoms with Crippen LogP contribution in [0.5, 0.6) is 5.75 Å². The number of amides is 2. The highest BCUT2D eigenvalue weighted by molar-refractivity contribution is 6.10. The molecule has 0 atom stereocenters. The van der Waals surface area contributed by atoms with Crippen molar-refractivity contribution in [3.8, 4) is 5.75 Å². The second kappa shape index (κ2) is 9.27. The summed E-state index contributed by atoms with van der Waals surface area (Å²) in [5, 5.41) is 5.67. The molecule has 0 aliphatic heterocycles. The van der Waals surface area contributed by atoms with E-state index in [1.54, 1.807) is 24.3 Å². The number of aryl methyl sites for hydroxylation is 4. The highest BCUT2D eigenvalue weighted by Gasteiger charge is 2.14. The minimum Gasteiger partial charge on any atom is -0.483 e. The molecule has 0 bridgehead atoms. The summed E-state index contributed by atoms with van der Waals surface area (Å²) < 4.78 is 5.66. The zero-order valence-electron chi connectivity index (χ0n) is 17.7. The van der Waals surface area contributed by atoms with Crippen LogP contribution in [0.15, 0.2) is 60.7 Å². The predicted molar refractivity (Wildman–Crippen MR) is 120 cm³/mol. The summed E-state index contributed by atoms with van der Waals surface area (Å²) in [5.41, 5.74) is 5.81. The van der Waals surface area contributed by atoms with Crippen molar-refractivity contribution in [3.05, 3.63) is 88.5 Å².